The van der Waals surface area contributed by atoms with E-state index >= 15 is 0 Å². The molecular weight excluding hydrogens is 506 g/mol. The van der Waals surface area contributed by atoms with Crippen molar-refractivity contribution in [1.82, 2.24) is 24.3 Å². The Morgan fingerprint density at radius 3 is 2.13 bits per heavy atom. The van der Waals surface area contributed by atoms with Gasteiger partial charge in [0.25, 0.3) is 0 Å². The molecule has 39 heavy (non-hydrogen) atoms. The SMILES string of the molecule is CC[C@H]1O[C@@H](n2cc(CO)c(-n3cncn3)nc2=O)C(OC(=O)c2ccccc2)[C@H]1OC(=O)c1ccccc1. The van der Waals surface area contributed by atoms with Crippen LogP contribution in [-0.4, -0.2) is 59.7 Å². The van der Waals surface area contributed by atoms with Crippen LogP contribution in [0.5, 0.6) is 0 Å². The molecule has 0 bridgehead atoms. The van der Waals surface area contributed by atoms with Gasteiger partial charge in [-0.15, -0.1) is 0 Å². The Morgan fingerprint density at radius 1 is 0.974 bits per heavy atom. The highest BCUT2D eigenvalue weighted by atomic mass is 16.6. The maximum Gasteiger partial charge on any atom is 0.351 e. The van der Waals surface area contributed by atoms with E-state index in [-0.39, 0.29) is 16.9 Å². The standard InChI is InChI=1S/C27H25N5O7/c1-2-20-21(38-25(34)17-9-5-3-6-10-17)22(39-26(35)18-11-7-4-8-12-18)24(37-20)31-13-19(14-33)23(30-27(31)36)32-16-28-15-29-32/h3-13,15-16,20-22,24,33H,2,14H2,1H3/t20-,21+,22?,24-/m1/s1. The Balaban J connectivity index is 1.54. The predicted octanol–water partition coefficient (Wildman–Crippen LogP) is 2.07. The average molecular weight is 532 g/mol. The zero-order valence-electron chi connectivity index (χ0n) is 20.9. The van der Waals surface area contributed by atoms with Gasteiger partial charge < -0.3 is 19.3 Å². The largest absolute Gasteiger partial charge is 0.452 e. The molecule has 4 atom stereocenters. The number of nitrogens with zero attached hydrogens (tertiary/aromatic N) is 5. The fourth-order valence-electron chi connectivity index (χ4n) is 4.37. The summed E-state index contributed by atoms with van der Waals surface area (Å²) in [5.41, 5.74) is 0.0675. The number of carbonyl (C=O) groups is 2. The van der Waals surface area contributed by atoms with E-state index in [1.54, 1.807) is 60.7 Å². The zero-order valence-corrected chi connectivity index (χ0v) is 20.9. The van der Waals surface area contributed by atoms with Gasteiger partial charge in [0.15, 0.2) is 24.3 Å². The van der Waals surface area contributed by atoms with Crippen molar-refractivity contribution in [2.75, 3.05) is 0 Å². The van der Waals surface area contributed by atoms with E-state index in [1.807, 2.05) is 6.92 Å². The summed E-state index contributed by atoms with van der Waals surface area (Å²) in [5.74, 6) is -1.23. The number of esters is 2. The maximum atomic E-state index is 13.2. The van der Waals surface area contributed by atoms with Crippen molar-refractivity contribution in [3.8, 4) is 5.82 Å². The van der Waals surface area contributed by atoms with Crippen LogP contribution in [0.25, 0.3) is 5.82 Å². The molecular formula is C27H25N5O7. The Hall–Kier alpha value is -4.68. The minimum Gasteiger partial charge on any atom is -0.452 e. The molecule has 0 amide bonds. The predicted molar refractivity (Wildman–Crippen MR) is 135 cm³/mol. The van der Waals surface area contributed by atoms with Crippen LogP contribution in [0.2, 0.25) is 0 Å². The van der Waals surface area contributed by atoms with Crippen molar-refractivity contribution < 1.29 is 28.9 Å². The van der Waals surface area contributed by atoms with E-state index in [0.29, 0.717) is 12.0 Å². The summed E-state index contributed by atoms with van der Waals surface area (Å²) in [4.78, 5) is 47.2. The third-order valence-corrected chi connectivity index (χ3v) is 6.28. The number of aliphatic hydroxyl groups excluding tert-OH is 1. The number of ether oxygens (including phenoxy) is 3. The number of benzene rings is 2. The van der Waals surface area contributed by atoms with Gasteiger partial charge in [-0.1, -0.05) is 43.3 Å². The van der Waals surface area contributed by atoms with Crippen LogP contribution < -0.4 is 5.69 Å². The van der Waals surface area contributed by atoms with E-state index in [9.17, 15) is 19.5 Å². The van der Waals surface area contributed by atoms with Gasteiger partial charge in [-0.05, 0) is 30.7 Å². The van der Waals surface area contributed by atoms with Gasteiger partial charge in [0.1, 0.15) is 18.8 Å². The normalized spacial score (nSPS) is 20.5. The van der Waals surface area contributed by atoms with Crippen LogP contribution in [0, 0.1) is 0 Å². The lowest BCUT2D eigenvalue weighted by molar-refractivity contribution is -0.0528. The molecule has 0 aliphatic carbocycles. The van der Waals surface area contributed by atoms with Crippen LogP contribution in [0.3, 0.4) is 0 Å². The number of hydrogen-bond donors (Lipinski definition) is 1. The summed E-state index contributed by atoms with van der Waals surface area (Å²) >= 11 is 0. The molecule has 2 aromatic heterocycles. The van der Waals surface area contributed by atoms with Crippen molar-refractivity contribution in [1.29, 1.82) is 0 Å². The molecule has 4 aromatic rings. The zero-order chi connectivity index (χ0) is 27.4. The molecule has 12 nitrogen and oxygen atoms in total. The van der Waals surface area contributed by atoms with Crippen molar-refractivity contribution in [3.05, 3.63) is 107 Å². The van der Waals surface area contributed by atoms with Gasteiger partial charge in [-0.2, -0.15) is 10.1 Å². The van der Waals surface area contributed by atoms with Crippen LogP contribution in [-0.2, 0) is 20.8 Å². The second-order valence-corrected chi connectivity index (χ2v) is 8.72. The topological polar surface area (TPSA) is 148 Å². The van der Waals surface area contributed by atoms with E-state index in [0.717, 1.165) is 4.57 Å². The van der Waals surface area contributed by atoms with Crippen LogP contribution in [0.4, 0.5) is 0 Å². The molecule has 2 aromatic carbocycles. The number of aliphatic hydroxyl groups is 1. The number of hydrogen-bond acceptors (Lipinski definition) is 10. The minimum absolute atomic E-state index is 0.0891. The molecule has 1 aliphatic rings. The first-order chi connectivity index (χ1) is 19.0. The molecule has 0 saturated carbocycles. The smallest absolute Gasteiger partial charge is 0.351 e. The lowest BCUT2D eigenvalue weighted by Crippen LogP contribution is -2.41. The van der Waals surface area contributed by atoms with Crippen molar-refractivity contribution in [2.45, 2.75) is 44.5 Å². The fourth-order valence-corrected chi connectivity index (χ4v) is 4.37. The lowest BCUT2D eigenvalue weighted by Gasteiger charge is -2.25. The summed E-state index contributed by atoms with van der Waals surface area (Å²) in [6.45, 7) is 1.34. The Labute approximate surface area is 222 Å². The van der Waals surface area contributed by atoms with Crippen LogP contribution in [0.15, 0.2) is 84.3 Å². The van der Waals surface area contributed by atoms with Crippen molar-refractivity contribution in [2.24, 2.45) is 0 Å². The first kappa shape index (κ1) is 25.9. The summed E-state index contributed by atoms with van der Waals surface area (Å²) < 4.78 is 20.2. The van der Waals surface area contributed by atoms with E-state index < -0.39 is 48.8 Å². The molecule has 5 rings (SSSR count). The molecule has 200 valence electrons. The molecule has 0 spiro atoms. The Kier molecular flexibility index (Phi) is 7.57. The van der Waals surface area contributed by atoms with Gasteiger partial charge in [-0.3, -0.25) is 4.57 Å². The fraction of sp³-hybridized carbons (Fsp3) is 0.259. The van der Waals surface area contributed by atoms with Gasteiger partial charge >= 0.3 is 17.6 Å². The van der Waals surface area contributed by atoms with Crippen LogP contribution in [0.1, 0.15) is 45.9 Å². The number of aromatic nitrogens is 5. The summed E-state index contributed by atoms with van der Waals surface area (Å²) in [5, 5.41) is 14.0. The minimum atomic E-state index is -1.21. The van der Waals surface area contributed by atoms with E-state index in [2.05, 4.69) is 15.1 Å². The number of carbonyl (C=O) groups excluding carboxylic acids is 2. The second kappa shape index (κ2) is 11.4. The quantitative estimate of drug-likeness (QED) is 0.335. The highest BCUT2D eigenvalue weighted by Gasteiger charge is 2.50. The first-order valence-corrected chi connectivity index (χ1v) is 12.3. The Bertz CT molecular complexity index is 1490. The second-order valence-electron chi connectivity index (χ2n) is 8.72. The van der Waals surface area contributed by atoms with E-state index in [4.69, 9.17) is 14.2 Å². The van der Waals surface area contributed by atoms with Gasteiger partial charge in [0.05, 0.1) is 17.7 Å². The summed E-state index contributed by atoms with van der Waals surface area (Å²) in [6.07, 6.45) is 0.183. The molecule has 1 unspecified atom stereocenters. The molecule has 3 heterocycles. The maximum absolute atomic E-state index is 13.2. The summed E-state index contributed by atoms with van der Waals surface area (Å²) in [6, 6.07) is 16.7. The lowest BCUT2D eigenvalue weighted by atomic mass is 10.1. The van der Waals surface area contributed by atoms with Gasteiger partial charge in [-0.25, -0.2) is 24.0 Å². The Morgan fingerprint density at radius 2 is 1.59 bits per heavy atom. The van der Waals surface area contributed by atoms with Gasteiger partial charge in [0, 0.05) is 11.8 Å². The van der Waals surface area contributed by atoms with E-state index in [1.165, 1.54) is 23.5 Å². The molecule has 1 aliphatic heterocycles. The first-order valence-electron chi connectivity index (χ1n) is 12.3. The van der Waals surface area contributed by atoms with Gasteiger partial charge in [0.2, 0.25) is 0 Å². The summed E-state index contributed by atoms with van der Waals surface area (Å²) in [7, 11) is 0. The highest BCUT2D eigenvalue weighted by Crippen LogP contribution is 2.36. The monoisotopic (exact) mass is 531 g/mol. The third kappa shape index (κ3) is 5.33. The molecule has 1 N–H and O–H groups in total. The molecule has 0 radical (unpaired) electrons. The molecule has 1 fully saturated rings. The third-order valence-electron chi connectivity index (χ3n) is 6.28. The van der Waals surface area contributed by atoms with Crippen molar-refractivity contribution in [3.63, 3.8) is 0 Å². The number of rotatable bonds is 8. The highest BCUT2D eigenvalue weighted by molar-refractivity contribution is 5.90. The van der Waals surface area contributed by atoms with Crippen molar-refractivity contribution >= 4 is 11.9 Å². The molecule has 12 heteroatoms. The average Bonchev–Trinajstić information content (AvgIpc) is 3.63. The van der Waals surface area contributed by atoms with Crippen LogP contribution >= 0.6 is 0 Å². The molecule has 1 saturated heterocycles.